The first-order valence-corrected chi connectivity index (χ1v) is 12.5. The van der Waals surface area contributed by atoms with E-state index < -0.39 is 5.38 Å². The van der Waals surface area contributed by atoms with Crippen molar-refractivity contribution >= 4 is 58.0 Å². The number of carbonyl (C=O) groups excluding carboxylic acids is 2. The number of hydrogen-bond donors (Lipinski definition) is 0. The maximum Gasteiger partial charge on any atom is 0.242 e. The normalized spacial score (nSPS) is 16.9. The summed E-state index contributed by atoms with van der Waals surface area (Å²) in [7, 11) is 0. The van der Waals surface area contributed by atoms with Crippen LogP contribution in [0.3, 0.4) is 0 Å². The third-order valence-electron chi connectivity index (χ3n) is 5.50. The van der Waals surface area contributed by atoms with Gasteiger partial charge in [0.2, 0.25) is 11.8 Å². The van der Waals surface area contributed by atoms with Crippen LogP contribution in [0.25, 0.3) is 0 Å². The Labute approximate surface area is 203 Å². The Balaban J connectivity index is 1.91. The summed E-state index contributed by atoms with van der Waals surface area (Å²) in [5.74, 6) is 0.0901. The highest BCUT2D eigenvalue weighted by molar-refractivity contribution is 7.10. The molecular weight excluding hydrogens is 475 g/mol. The molecule has 1 aliphatic rings. The molecule has 168 valence electrons. The van der Waals surface area contributed by atoms with E-state index in [4.69, 9.17) is 34.8 Å². The Morgan fingerprint density at radius 3 is 2.58 bits per heavy atom. The number of amides is 2. The molecular formula is C23H27Cl3N2O2S. The largest absolute Gasteiger partial charge is 0.332 e. The second-order valence-corrected chi connectivity index (χ2v) is 10.8. The van der Waals surface area contributed by atoms with Crippen LogP contribution in [-0.4, -0.2) is 46.6 Å². The van der Waals surface area contributed by atoms with Crippen molar-refractivity contribution in [1.82, 2.24) is 9.80 Å². The van der Waals surface area contributed by atoms with E-state index >= 15 is 0 Å². The van der Waals surface area contributed by atoms with Crippen LogP contribution in [0.4, 0.5) is 0 Å². The molecule has 8 heteroatoms. The number of thiophene rings is 1. The Bertz CT molecular complexity index is 945. The summed E-state index contributed by atoms with van der Waals surface area (Å²) in [4.78, 5) is 30.8. The molecule has 2 heterocycles. The lowest BCUT2D eigenvalue weighted by atomic mass is 9.93. The van der Waals surface area contributed by atoms with Crippen LogP contribution in [0.15, 0.2) is 29.6 Å². The summed E-state index contributed by atoms with van der Waals surface area (Å²) in [6, 6.07) is 7.13. The fourth-order valence-corrected chi connectivity index (χ4v) is 5.38. The van der Waals surface area contributed by atoms with Crippen molar-refractivity contribution in [2.45, 2.75) is 45.0 Å². The van der Waals surface area contributed by atoms with Crippen molar-refractivity contribution < 1.29 is 9.59 Å². The minimum Gasteiger partial charge on any atom is -0.332 e. The molecule has 4 nitrogen and oxygen atoms in total. The van der Waals surface area contributed by atoms with Crippen LogP contribution in [0.1, 0.15) is 49.2 Å². The van der Waals surface area contributed by atoms with Crippen molar-refractivity contribution in [3.63, 3.8) is 0 Å². The zero-order valence-corrected chi connectivity index (χ0v) is 21.0. The first kappa shape index (κ1) is 24.4. The predicted octanol–water partition coefficient (Wildman–Crippen LogP) is 6.03. The van der Waals surface area contributed by atoms with Crippen molar-refractivity contribution in [3.8, 4) is 0 Å². The third-order valence-corrected chi connectivity index (χ3v) is 7.24. The van der Waals surface area contributed by atoms with Crippen LogP contribution < -0.4 is 0 Å². The first-order valence-electron chi connectivity index (χ1n) is 10.4. The van der Waals surface area contributed by atoms with Gasteiger partial charge in [-0.05, 0) is 60.4 Å². The summed E-state index contributed by atoms with van der Waals surface area (Å²) in [5.41, 5.74) is 1.92. The Morgan fingerprint density at radius 2 is 1.94 bits per heavy atom. The summed E-state index contributed by atoms with van der Waals surface area (Å²) < 4.78 is 0. The van der Waals surface area contributed by atoms with Gasteiger partial charge >= 0.3 is 0 Å². The number of halogens is 3. The maximum absolute atomic E-state index is 13.5. The number of hydrogen-bond acceptors (Lipinski definition) is 3. The summed E-state index contributed by atoms with van der Waals surface area (Å²) >= 11 is 20.4. The minimum atomic E-state index is -0.675. The Kier molecular flexibility index (Phi) is 8.31. The van der Waals surface area contributed by atoms with Gasteiger partial charge in [-0.25, -0.2) is 0 Å². The molecule has 0 radical (unpaired) electrons. The van der Waals surface area contributed by atoms with Crippen molar-refractivity contribution in [1.29, 1.82) is 0 Å². The second kappa shape index (κ2) is 10.6. The molecule has 0 N–H and O–H groups in total. The first-order chi connectivity index (χ1) is 14.7. The van der Waals surface area contributed by atoms with Gasteiger partial charge in [0.15, 0.2) is 0 Å². The second-order valence-electron chi connectivity index (χ2n) is 8.26. The SMILES string of the molecule is CC(C)CCN(CC(=O)N1CCc2sccc2C1c1ccc(Cl)cc1Cl)C(=O)C(C)Cl. The zero-order chi connectivity index (χ0) is 22.7. The lowest BCUT2D eigenvalue weighted by Gasteiger charge is -2.38. The standard InChI is InChI=1S/C23H27Cl3N2O2S/c1-14(2)6-9-27(23(30)15(3)24)13-21(29)28-10-7-20-18(8-11-31-20)22(28)17-5-4-16(25)12-19(17)26/h4-5,8,11-12,14-15,22H,6-7,9-10,13H2,1-3H3. The highest BCUT2D eigenvalue weighted by atomic mass is 35.5. The third kappa shape index (κ3) is 5.75. The van der Waals surface area contributed by atoms with Gasteiger partial charge in [-0.2, -0.15) is 0 Å². The van der Waals surface area contributed by atoms with Gasteiger partial charge in [-0.3, -0.25) is 9.59 Å². The number of nitrogens with zero attached hydrogens (tertiary/aromatic N) is 2. The Morgan fingerprint density at radius 1 is 1.19 bits per heavy atom. The van der Waals surface area contributed by atoms with Crippen molar-refractivity contribution in [2.24, 2.45) is 5.92 Å². The van der Waals surface area contributed by atoms with E-state index in [1.54, 1.807) is 35.3 Å². The van der Waals surface area contributed by atoms with E-state index in [0.717, 1.165) is 24.0 Å². The van der Waals surface area contributed by atoms with Gasteiger partial charge in [-0.1, -0.05) is 43.1 Å². The highest BCUT2D eigenvalue weighted by Gasteiger charge is 2.35. The molecule has 0 aliphatic carbocycles. The summed E-state index contributed by atoms with van der Waals surface area (Å²) in [6.45, 7) is 6.91. The minimum absolute atomic E-state index is 0.00376. The van der Waals surface area contributed by atoms with Crippen LogP contribution in [0.2, 0.25) is 10.0 Å². The molecule has 1 aromatic heterocycles. The molecule has 0 saturated carbocycles. The van der Waals surface area contributed by atoms with Crippen LogP contribution in [0.5, 0.6) is 0 Å². The van der Waals surface area contributed by atoms with E-state index in [0.29, 0.717) is 29.1 Å². The van der Waals surface area contributed by atoms with Gasteiger partial charge in [-0.15, -0.1) is 22.9 Å². The molecule has 3 rings (SSSR count). The number of fused-ring (bicyclic) bond motifs is 1. The zero-order valence-electron chi connectivity index (χ0n) is 17.9. The van der Waals surface area contributed by atoms with Gasteiger partial charge < -0.3 is 9.80 Å². The molecule has 0 bridgehead atoms. The topological polar surface area (TPSA) is 40.6 Å². The Hall–Kier alpha value is -1.27. The van der Waals surface area contributed by atoms with Crippen LogP contribution in [-0.2, 0) is 16.0 Å². The molecule has 1 aliphatic heterocycles. The quantitative estimate of drug-likeness (QED) is 0.435. The van der Waals surface area contributed by atoms with Crippen LogP contribution >= 0.6 is 46.1 Å². The van der Waals surface area contributed by atoms with Gasteiger partial charge in [0, 0.05) is 28.0 Å². The van der Waals surface area contributed by atoms with Crippen molar-refractivity contribution in [2.75, 3.05) is 19.6 Å². The maximum atomic E-state index is 13.5. The number of rotatable bonds is 7. The van der Waals surface area contributed by atoms with E-state index in [1.807, 2.05) is 16.3 Å². The van der Waals surface area contributed by atoms with Crippen molar-refractivity contribution in [3.05, 3.63) is 55.7 Å². The molecule has 0 saturated heterocycles. The highest BCUT2D eigenvalue weighted by Crippen LogP contribution is 2.41. The summed E-state index contributed by atoms with van der Waals surface area (Å²) in [6.07, 6.45) is 1.59. The molecule has 2 aromatic rings. The molecule has 1 aromatic carbocycles. The van der Waals surface area contributed by atoms with E-state index in [2.05, 4.69) is 19.9 Å². The average Bonchev–Trinajstić information content (AvgIpc) is 3.18. The van der Waals surface area contributed by atoms with Crippen LogP contribution in [0, 0.1) is 5.92 Å². The smallest absolute Gasteiger partial charge is 0.242 e. The van der Waals surface area contributed by atoms with Gasteiger partial charge in [0.25, 0.3) is 0 Å². The number of alkyl halides is 1. The number of benzene rings is 1. The lowest BCUT2D eigenvalue weighted by Crippen LogP contribution is -2.48. The molecule has 31 heavy (non-hydrogen) atoms. The molecule has 0 spiro atoms. The fourth-order valence-electron chi connectivity index (χ4n) is 3.83. The molecule has 0 fully saturated rings. The molecule has 2 atom stereocenters. The average molecular weight is 502 g/mol. The molecule has 2 unspecified atom stereocenters. The monoisotopic (exact) mass is 500 g/mol. The van der Waals surface area contributed by atoms with E-state index in [1.165, 1.54) is 4.88 Å². The predicted molar refractivity (Wildman–Crippen MR) is 129 cm³/mol. The van der Waals surface area contributed by atoms with E-state index in [-0.39, 0.29) is 24.4 Å². The van der Waals surface area contributed by atoms with Gasteiger partial charge in [0.05, 0.1) is 12.6 Å². The lowest BCUT2D eigenvalue weighted by molar-refractivity contribution is -0.141. The molecule has 2 amide bonds. The number of carbonyl (C=O) groups is 2. The van der Waals surface area contributed by atoms with Gasteiger partial charge in [0.1, 0.15) is 5.38 Å². The van der Waals surface area contributed by atoms with E-state index in [9.17, 15) is 9.59 Å². The fraction of sp³-hybridized carbons (Fsp3) is 0.478. The summed E-state index contributed by atoms with van der Waals surface area (Å²) in [5, 5.41) is 2.45.